The summed E-state index contributed by atoms with van der Waals surface area (Å²) in [5.74, 6) is 2.05. The number of hydrogen-bond acceptors (Lipinski definition) is 7. The van der Waals surface area contributed by atoms with Crippen molar-refractivity contribution in [1.82, 2.24) is 15.2 Å². The van der Waals surface area contributed by atoms with Crippen molar-refractivity contribution in [2.75, 3.05) is 5.32 Å². The number of carbonyl (C=O) groups excluding carboxylic acids is 1. The lowest BCUT2D eigenvalue weighted by atomic mass is 9.88. The van der Waals surface area contributed by atoms with Gasteiger partial charge in [-0.3, -0.25) is 5.10 Å². The van der Waals surface area contributed by atoms with E-state index in [0.717, 1.165) is 76.9 Å². The Labute approximate surface area is 196 Å². The topological polar surface area (TPSA) is 115 Å². The van der Waals surface area contributed by atoms with E-state index in [1.807, 2.05) is 19.2 Å². The van der Waals surface area contributed by atoms with Gasteiger partial charge in [-0.25, -0.2) is 9.78 Å². The van der Waals surface area contributed by atoms with Gasteiger partial charge in [0, 0.05) is 41.2 Å². The SMILES string of the molecule is Cc1cc(Nc2ccc(-c3cnc(C4CCC(OC(N)=O)CC4)s3)c(OC3CCC3)c2)n[nH]1. The molecule has 0 aliphatic heterocycles. The fourth-order valence-electron chi connectivity index (χ4n) is 4.39. The molecule has 2 heterocycles. The van der Waals surface area contributed by atoms with E-state index >= 15 is 0 Å². The summed E-state index contributed by atoms with van der Waals surface area (Å²) < 4.78 is 11.5. The quantitative estimate of drug-likeness (QED) is 0.414. The molecule has 0 atom stereocenters. The van der Waals surface area contributed by atoms with Crippen LogP contribution in [0, 0.1) is 6.92 Å². The number of aryl methyl sites for hydroxylation is 1. The lowest BCUT2D eigenvalue weighted by Crippen LogP contribution is -2.26. The highest BCUT2D eigenvalue weighted by molar-refractivity contribution is 7.15. The average molecular weight is 468 g/mol. The molecule has 33 heavy (non-hydrogen) atoms. The van der Waals surface area contributed by atoms with Crippen molar-refractivity contribution in [3.05, 3.63) is 41.2 Å². The smallest absolute Gasteiger partial charge is 0.404 e. The maximum Gasteiger partial charge on any atom is 0.404 e. The number of thiazole rings is 1. The molecule has 4 N–H and O–H groups in total. The van der Waals surface area contributed by atoms with Crippen LogP contribution in [0.25, 0.3) is 10.4 Å². The number of anilines is 2. The van der Waals surface area contributed by atoms with E-state index < -0.39 is 6.09 Å². The first-order valence-electron chi connectivity index (χ1n) is 11.6. The van der Waals surface area contributed by atoms with E-state index in [1.165, 1.54) is 6.42 Å². The Morgan fingerprint density at radius 3 is 2.64 bits per heavy atom. The van der Waals surface area contributed by atoms with Gasteiger partial charge < -0.3 is 20.5 Å². The Bertz CT molecular complexity index is 1120. The third-order valence-electron chi connectivity index (χ3n) is 6.40. The summed E-state index contributed by atoms with van der Waals surface area (Å²) in [5.41, 5.74) is 8.18. The number of benzene rings is 1. The number of nitrogens with one attached hydrogen (secondary N) is 2. The van der Waals surface area contributed by atoms with Crippen molar-refractivity contribution < 1.29 is 14.3 Å². The first kappa shape index (κ1) is 21.8. The molecular formula is C24H29N5O3S. The molecule has 9 heteroatoms. The molecule has 2 fully saturated rings. The minimum atomic E-state index is -0.686. The summed E-state index contributed by atoms with van der Waals surface area (Å²) in [6, 6.07) is 8.19. The normalized spacial score (nSPS) is 20.8. The molecule has 2 aliphatic rings. The van der Waals surface area contributed by atoms with Crippen LogP contribution < -0.4 is 15.8 Å². The van der Waals surface area contributed by atoms with Crippen LogP contribution in [0.3, 0.4) is 0 Å². The minimum absolute atomic E-state index is 0.0704. The van der Waals surface area contributed by atoms with Crippen molar-refractivity contribution in [3.8, 4) is 16.2 Å². The third-order valence-corrected chi connectivity index (χ3v) is 7.59. The van der Waals surface area contributed by atoms with Crippen LogP contribution in [0.2, 0.25) is 0 Å². The second-order valence-corrected chi connectivity index (χ2v) is 9.98. The van der Waals surface area contributed by atoms with Gasteiger partial charge in [-0.2, -0.15) is 5.10 Å². The molecule has 174 valence electrons. The summed E-state index contributed by atoms with van der Waals surface area (Å²) in [6.45, 7) is 1.98. The van der Waals surface area contributed by atoms with Crippen LogP contribution in [0.5, 0.6) is 5.75 Å². The van der Waals surface area contributed by atoms with Gasteiger partial charge in [0.2, 0.25) is 0 Å². The number of H-pyrrole nitrogens is 1. The number of aromatic nitrogens is 3. The Morgan fingerprint density at radius 2 is 1.97 bits per heavy atom. The van der Waals surface area contributed by atoms with Crippen LogP contribution >= 0.6 is 11.3 Å². The lowest BCUT2D eigenvalue weighted by Gasteiger charge is -2.27. The summed E-state index contributed by atoms with van der Waals surface area (Å²) in [5, 5.41) is 11.7. The second-order valence-electron chi connectivity index (χ2n) is 8.92. The van der Waals surface area contributed by atoms with Crippen molar-refractivity contribution in [2.24, 2.45) is 5.73 Å². The van der Waals surface area contributed by atoms with Gasteiger partial charge in [-0.15, -0.1) is 11.3 Å². The van der Waals surface area contributed by atoms with Crippen molar-refractivity contribution in [2.45, 2.75) is 70.0 Å². The summed E-state index contributed by atoms with van der Waals surface area (Å²) in [6.07, 6.45) is 8.44. The number of aromatic amines is 1. The van der Waals surface area contributed by atoms with E-state index in [0.29, 0.717) is 5.92 Å². The monoisotopic (exact) mass is 467 g/mol. The number of ether oxygens (including phenoxy) is 2. The number of primary amides is 1. The van der Waals surface area contributed by atoms with Crippen LogP contribution in [0.4, 0.5) is 16.3 Å². The Morgan fingerprint density at radius 1 is 1.15 bits per heavy atom. The Balaban J connectivity index is 1.33. The third kappa shape index (κ3) is 5.13. The largest absolute Gasteiger partial charge is 0.490 e. The fourth-order valence-corrected chi connectivity index (χ4v) is 5.51. The van der Waals surface area contributed by atoms with Gasteiger partial charge in [0.05, 0.1) is 16.0 Å². The van der Waals surface area contributed by atoms with E-state index in [1.54, 1.807) is 11.3 Å². The van der Waals surface area contributed by atoms with Gasteiger partial charge in [-0.05, 0) is 64.0 Å². The van der Waals surface area contributed by atoms with Gasteiger partial charge in [-0.1, -0.05) is 0 Å². The first-order chi connectivity index (χ1) is 16.0. The van der Waals surface area contributed by atoms with Crippen LogP contribution in [0.15, 0.2) is 30.5 Å². The summed E-state index contributed by atoms with van der Waals surface area (Å²) >= 11 is 1.73. The molecule has 0 spiro atoms. The predicted molar refractivity (Wildman–Crippen MR) is 128 cm³/mol. The van der Waals surface area contributed by atoms with Crippen molar-refractivity contribution in [1.29, 1.82) is 0 Å². The number of carbonyl (C=O) groups is 1. The number of hydrogen-bond donors (Lipinski definition) is 3. The number of nitrogens with two attached hydrogens (primary N) is 1. The molecule has 1 amide bonds. The van der Waals surface area contributed by atoms with Crippen LogP contribution in [-0.2, 0) is 4.74 Å². The van der Waals surface area contributed by atoms with Gasteiger partial charge >= 0.3 is 6.09 Å². The number of nitrogens with zero attached hydrogens (tertiary/aromatic N) is 2. The molecule has 3 aromatic rings. The lowest BCUT2D eigenvalue weighted by molar-refractivity contribution is 0.0787. The molecular weight excluding hydrogens is 438 g/mol. The molecule has 0 bridgehead atoms. The summed E-state index contributed by atoms with van der Waals surface area (Å²) in [4.78, 5) is 16.9. The Kier molecular flexibility index (Phi) is 6.22. The maximum absolute atomic E-state index is 11.0. The maximum atomic E-state index is 11.0. The Hall–Kier alpha value is -3.07. The van der Waals surface area contributed by atoms with Crippen LogP contribution in [-0.4, -0.2) is 33.5 Å². The van der Waals surface area contributed by atoms with Gasteiger partial charge in [0.1, 0.15) is 11.9 Å². The molecule has 2 aromatic heterocycles. The molecule has 5 rings (SSSR count). The van der Waals surface area contributed by atoms with Crippen molar-refractivity contribution >= 4 is 28.9 Å². The average Bonchev–Trinajstić information content (AvgIpc) is 3.40. The molecule has 2 aliphatic carbocycles. The second kappa shape index (κ2) is 9.43. The zero-order valence-electron chi connectivity index (χ0n) is 18.7. The number of amides is 1. The highest BCUT2D eigenvalue weighted by Crippen LogP contribution is 2.42. The molecule has 1 aromatic carbocycles. The fraction of sp³-hybridized carbons (Fsp3) is 0.458. The highest BCUT2D eigenvalue weighted by Gasteiger charge is 2.27. The van der Waals surface area contributed by atoms with E-state index in [9.17, 15) is 4.79 Å². The number of rotatable bonds is 7. The molecule has 0 unspecified atom stereocenters. The van der Waals surface area contributed by atoms with E-state index in [-0.39, 0.29) is 12.2 Å². The molecule has 2 saturated carbocycles. The van der Waals surface area contributed by atoms with E-state index in [4.69, 9.17) is 20.2 Å². The molecule has 8 nitrogen and oxygen atoms in total. The zero-order valence-corrected chi connectivity index (χ0v) is 19.5. The van der Waals surface area contributed by atoms with Gasteiger partial charge in [0.15, 0.2) is 5.82 Å². The van der Waals surface area contributed by atoms with Gasteiger partial charge in [0.25, 0.3) is 0 Å². The van der Waals surface area contributed by atoms with E-state index in [2.05, 4.69) is 33.7 Å². The zero-order chi connectivity index (χ0) is 22.8. The van der Waals surface area contributed by atoms with Crippen molar-refractivity contribution in [3.63, 3.8) is 0 Å². The molecule has 0 radical (unpaired) electrons. The predicted octanol–water partition coefficient (Wildman–Crippen LogP) is 5.64. The van der Waals surface area contributed by atoms with Crippen LogP contribution in [0.1, 0.15) is 61.6 Å². The summed E-state index contributed by atoms with van der Waals surface area (Å²) in [7, 11) is 0. The molecule has 0 saturated heterocycles. The minimum Gasteiger partial charge on any atom is -0.490 e. The first-order valence-corrected chi connectivity index (χ1v) is 12.4. The standard InChI is InChI=1S/C24H29N5O3S/c1-14-11-22(29-28-14)27-16-7-10-19(20(12-16)31-17-3-2-4-17)21-13-26-23(33-21)15-5-8-18(9-6-15)32-24(25)30/h7,10-13,15,17-18H,2-6,8-9H2,1H3,(H2,25,30)(H2,27,28,29). The highest BCUT2D eigenvalue weighted by atomic mass is 32.1.